The van der Waals surface area contributed by atoms with Crippen LogP contribution in [0.25, 0.3) is 0 Å². The number of anilines is 1. The van der Waals surface area contributed by atoms with Crippen LogP contribution < -0.4 is 5.32 Å². The average molecular weight is 202 g/mol. The first kappa shape index (κ1) is 10.2. The number of nitrogens with zero attached hydrogens (tertiary/aromatic N) is 3. The van der Waals surface area contributed by atoms with Crippen LogP contribution in [0.4, 0.5) is 5.82 Å². The Balaban J connectivity index is 2.44. The zero-order valence-corrected chi connectivity index (χ0v) is 8.84. The molecule has 2 unspecified atom stereocenters. The molecule has 0 fully saturated rings. The van der Waals surface area contributed by atoms with Gasteiger partial charge in [-0.25, -0.2) is 4.68 Å². The third kappa shape index (κ3) is 2.80. The normalized spacial score (nSPS) is 15.3. The van der Waals surface area contributed by atoms with Crippen LogP contribution in [0.3, 0.4) is 0 Å². The van der Waals surface area contributed by atoms with Gasteiger partial charge in [-0.2, -0.15) is 0 Å². The van der Waals surface area contributed by atoms with Gasteiger partial charge in [-0.3, -0.25) is 4.21 Å². The van der Waals surface area contributed by atoms with E-state index in [0.29, 0.717) is 6.54 Å². The standard InChI is InChI=1S/C7H14N4OS/c1-6(13(3)12)4-8-7-5-9-10-11(7)2/h5-6,8H,4H2,1-3H3. The van der Waals surface area contributed by atoms with Gasteiger partial charge in [0.25, 0.3) is 0 Å². The molecule has 0 aliphatic carbocycles. The molecule has 5 nitrogen and oxygen atoms in total. The molecular formula is C7H14N4OS. The van der Waals surface area contributed by atoms with E-state index in [2.05, 4.69) is 15.6 Å². The highest BCUT2D eigenvalue weighted by Crippen LogP contribution is 2.02. The van der Waals surface area contributed by atoms with Gasteiger partial charge in [-0.05, 0) is 6.92 Å². The fraction of sp³-hybridized carbons (Fsp3) is 0.714. The summed E-state index contributed by atoms with van der Waals surface area (Å²) in [7, 11) is 1.02. The van der Waals surface area contributed by atoms with Crippen LogP contribution in [-0.4, -0.2) is 37.3 Å². The number of nitrogens with one attached hydrogen (secondary N) is 1. The quantitative estimate of drug-likeness (QED) is 0.746. The van der Waals surface area contributed by atoms with Crippen LogP contribution in [0.1, 0.15) is 6.92 Å². The van der Waals surface area contributed by atoms with Crippen molar-refractivity contribution in [3.8, 4) is 0 Å². The molecule has 6 heteroatoms. The third-order valence-electron chi connectivity index (χ3n) is 1.85. The van der Waals surface area contributed by atoms with Gasteiger partial charge in [0.1, 0.15) is 5.82 Å². The van der Waals surface area contributed by atoms with Crippen molar-refractivity contribution >= 4 is 16.6 Å². The van der Waals surface area contributed by atoms with E-state index in [1.807, 2.05) is 14.0 Å². The minimum absolute atomic E-state index is 0.134. The molecule has 0 saturated heterocycles. The third-order valence-corrected chi connectivity index (χ3v) is 3.15. The van der Waals surface area contributed by atoms with Gasteiger partial charge in [-0.15, -0.1) is 5.10 Å². The molecule has 0 amide bonds. The second-order valence-electron chi connectivity index (χ2n) is 2.93. The van der Waals surface area contributed by atoms with Crippen molar-refractivity contribution < 1.29 is 4.21 Å². The summed E-state index contributed by atoms with van der Waals surface area (Å²) in [4.78, 5) is 0. The molecule has 13 heavy (non-hydrogen) atoms. The van der Waals surface area contributed by atoms with E-state index in [1.54, 1.807) is 17.1 Å². The predicted octanol–water partition coefficient (Wildman–Crippen LogP) is -0.00600. The second-order valence-corrected chi connectivity index (χ2v) is 4.73. The lowest BCUT2D eigenvalue weighted by atomic mass is 10.4. The molecule has 0 saturated carbocycles. The van der Waals surface area contributed by atoms with E-state index in [4.69, 9.17) is 0 Å². The van der Waals surface area contributed by atoms with Crippen molar-refractivity contribution in [1.29, 1.82) is 0 Å². The number of hydrogen-bond acceptors (Lipinski definition) is 4. The molecule has 0 spiro atoms. The van der Waals surface area contributed by atoms with Crippen LogP contribution in [0, 0.1) is 0 Å². The average Bonchev–Trinajstić information content (AvgIpc) is 2.47. The molecule has 0 bridgehead atoms. The Kier molecular flexibility index (Phi) is 3.41. The molecule has 0 aliphatic heterocycles. The summed E-state index contributed by atoms with van der Waals surface area (Å²) in [5, 5.41) is 10.7. The summed E-state index contributed by atoms with van der Waals surface area (Å²) in [5.41, 5.74) is 0. The van der Waals surface area contributed by atoms with Crippen molar-refractivity contribution in [3.05, 3.63) is 6.20 Å². The SMILES string of the molecule is CC(CNc1cnnn1C)S(C)=O. The number of rotatable bonds is 4. The first-order valence-electron chi connectivity index (χ1n) is 4.02. The Morgan fingerprint density at radius 1 is 1.77 bits per heavy atom. The van der Waals surface area contributed by atoms with Gasteiger partial charge < -0.3 is 5.32 Å². The maximum Gasteiger partial charge on any atom is 0.144 e. The van der Waals surface area contributed by atoms with Crippen molar-refractivity contribution in [1.82, 2.24) is 15.0 Å². The Bertz CT molecular complexity index is 298. The largest absolute Gasteiger partial charge is 0.368 e. The zero-order valence-electron chi connectivity index (χ0n) is 8.02. The molecule has 74 valence electrons. The lowest BCUT2D eigenvalue weighted by molar-refractivity contribution is 0.677. The summed E-state index contributed by atoms with van der Waals surface area (Å²) in [5.74, 6) is 0.845. The molecule has 0 aromatic carbocycles. The smallest absolute Gasteiger partial charge is 0.144 e. The van der Waals surface area contributed by atoms with Gasteiger partial charge >= 0.3 is 0 Å². The molecule has 0 radical (unpaired) electrons. The van der Waals surface area contributed by atoms with Gasteiger partial charge in [0.15, 0.2) is 0 Å². The Labute approximate surface area is 80.0 Å². The van der Waals surface area contributed by atoms with Gasteiger partial charge in [-0.1, -0.05) is 5.21 Å². The predicted molar refractivity (Wildman–Crippen MR) is 53.0 cm³/mol. The van der Waals surface area contributed by atoms with Crippen LogP contribution in [-0.2, 0) is 17.8 Å². The first-order valence-corrected chi connectivity index (χ1v) is 5.64. The molecule has 1 aromatic heterocycles. The van der Waals surface area contributed by atoms with Crippen LogP contribution >= 0.6 is 0 Å². The highest BCUT2D eigenvalue weighted by atomic mass is 32.2. The van der Waals surface area contributed by atoms with Crippen molar-refractivity contribution in [2.45, 2.75) is 12.2 Å². The van der Waals surface area contributed by atoms with Crippen molar-refractivity contribution in [3.63, 3.8) is 0 Å². The Morgan fingerprint density at radius 3 is 2.92 bits per heavy atom. The molecular weight excluding hydrogens is 188 g/mol. The molecule has 1 aromatic rings. The van der Waals surface area contributed by atoms with E-state index in [1.165, 1.54) is 0 Å². The van der Waals surface area contributed by atoms with E-state index in [-0.39, 0.29) is 5.25 Å². The number of hydrogen-bond donors (Lipinski definition) is 1. The van der Waals surface area contributed by atoms with Crippen molar-refractivity contribution in [2.75, 3.05) is 18.1 Å². The maximum atomic E-state index is 11.0. The summed E-state index contributed by atoms with van der Waals surface area (Å²) in [6.07, 6.45) is 3.35. The van der Waals surface area contributed by atoms with E-state index >= 15 is 0 Å². The maximum absolute atomic E-state index is 11.0. The minimum Gasteiger partial charge on any atom is -0.368 e. The highest BCUT2D eigenvalue weighted by molar-refractivity contribution is 7.84. The van der Waals surface area contributed by atoms with Crippen LogP contribution in [0.15, 0.2) is 6.20 Å². The number of aryl methyl sites for hydroxylation is 1. The van der Waals surface area contributed by atoms with Crippen LogP contribution in [0.2, 0.25) is 0 Å². The highest BCUT2D eigenvalue weighted by Gasteiger charge is 2.06. The lowest BCUT2D eigenvalue weighted by Crippen LogP contribution is -2.21. The lowest BCUT2D eigenvalue weighted by Gasteiger charge is -2.09. The monoisotopic (exact) mass is 202 g/mol. The van der Waals surface area contributed by atoms with Gasteiger partial charge in [0, 0.05) is 35.9 Å². The molecule has 1 N–H and O–H groups in total. The van der Waals surface area contributed by atoms with Gasteiger partial charge in [0.05, 0.1) is 6.20 Å². The fourth-order valence-corrected chi connectivity index (χ4v) is 1.13. The Morgan fingerprint density at radius 2 is 2.46 bits per heavy atom. The Hall–Kier alpha value is -0.910. The summed E-state index contributed by atoms with van der Waals surface area (Å²) >= 11 is 0. The molecule has 2 atom stereocenters. The summed E-state index contributed by atoms with van der Waals surface area (Å²) in [6.45, 7) is 2.61. The summed E-state index contributed by atoms with van der Waals surface area (Å²) < 4.78 is 12.7. The summed E-state index contributed by atoms with van der Waals surface area (Å²) in [6, 6.07) is 0. The number of aromatic nitrogens is 3. The van der Waals surface area contributed by atoms with Crippen LogP contribution in [0.5, 0.6) is 0 Å². The topological polar surface area (TPSA) is 59.8 Å². The van der Waals surface area contributed by atoms with E-state index in [0.717, 1.165) is 5.82 Å². The molecule has 1 heterocycles. The molecule has 0 aliphatic rings. The van der Waals surface area contributed by atoms with Gasteiger partial charge in [0.2, 0.25) is 0 Å². The first-order chi connectivity index (χ1) is 6.11. The second kappa shape index (κ2) is 4.36. The zero-order chi connectivity index (χ0) is 9.84. The minimum atomic E-state index is -0.791. The van der Waals surface area contributed by atoms with E-state index < -0.39 is 10.8 Å². The van der Waals surface area contributed by atoms with E-state index in [9.17, 15) is 4.21 Å². The fourth-order valence-electron chi connectivity index (χ4n) is 0.815. The van der Waals surface area contributed by atoms with Crippen molar-refractivity contribution in [2.24, 2.45) is 7.05 Å². The molecule has 1 rings (SSSR count).